The molecule has 0 radical (unpaired) electrons. The Bertz CT molecular complexity index is 975. The number of anilines is 1. The second-order valence-electron chi connectivity index (χ2n) is 8.37. The Kier molecular flexibility index (Phi) is 4.64. The predicted octanol–water partition coefficient (Wildman–Crippen LogP) is 4.10. The molecule has 6 heteroatoms. The van der Waals surface area contributed by atoms with Gasteiger partial charge in [0.25, 0.3) is 0 Å². The molecule has 0 spiro atoms. The third kappa shape index (κ3) is 3.50. The van der Waals surface area contributed by atoms with Crippen LogP contribution in [-0.4, -0.2) is 28.3 Å². The van der Waals surface area contributed by atoms with Crippen molar-refractivity contribution in [1.82, 2.24) is 9.97 Å². The molecule has 1 aliphatic rings. The van der Waals surface area contributed by atoms with Crippen molar-refractivity contribution >= 4 is 29.4 Å². The first-order chi connectivity index (χ1) is 13.2. The van der Waals surface area contributed by atoms with Crippen LogP contribution >= 0.6 is 0 Å². The van der Waals surface area contributed by atoms with Crippen molar-refractivity contribution in [2.24, 2.45) is 0 Å². The van der Waals surface area contributed by atoms with E-state index in [0.29, 0.717) is 0 Å². The quantitative estimate of drug-likeness (QED) is 0.696. The van der Waals surface area contributed by atoms with Gasteiger partial charge in [-0.05, 0) is 57.8 Å². The number of benzene rings is 2. The van der Waals surface area contributed by atoms with Gasteiger partial charge in [-0.3, -0.25) is 4.98 Å². The van der Waals surface area contributed by atoms with E-state index in [0.717, 1.165) is 22.3 Å². The summed E-state index contributed by atoms with van der Waals surface area (Å²) in [6.45, 7) is 10.3. The third-order valence-electron chi connectivity index (χ3n) is 5.76. The zero-order valence-electron chi connectivity index (χ0n) is 17.1. The number of aromatic nitrogens is 2. The number of fused-ring (bicyclic) bond motifs is 1. The van der Waals surface area contributed by atoms with Gasteiger partial charge >= 0.3 is 7.12 Å². The highest BCUT2D eigenvalue weighted by Gasteiger charge is 2.51. The van der Waals surface area contributed by atoms with Crippen molar-refractivity contribution in [3.05, 3.63) is 60.3 Å². The summed E-state index contributed by atoms with van der Waals surface area (Å²) in [7, 11) is -0.396. The van der Waals surface area contributed by atoms with Gasteiger partial charge in [-0.2, -0.15) is 0 Å². The Balaban J connectivity index is 1.55. The molecule has 1 saturated heterocycles. The van der Waals surface area contributed by atoms with Gasteiger partial charge in [-0.25, -0.2) is 4.98 Å². The van der Waals surface area contributed by atoms with E-state index in [9.17, 15) is 0 Å². The van der Waals surface area contributed by atoms with Crippen LogP contribution in [0.1, 0.15) is 46.2 Å². The van der Waals surface area contributed by atoms with Crippen LogP contribution in [0.2, 0.25) is 0 Å². The molecule has 0 saturated carbocycles. The van der Waals surface area contributed by atoms with Crippen LogP contribution in [0.25, 0.3) is 11.0 Å². The SMILES string of the molecule is C[C@@H](Nc1cnc2cc(B3OC(C)(C)C(C)(C)O3)ccc2n1)c1ccccc1. The maximum absolute atomic E-state index is 6.14. The summed E-state index contributed by atoms with van der Waals surface area (Å²) in [6.07, 6.45) is 1.77. The lowest BCUT2D eigenvalue weighted by Crippen LogP contribution is -2.41. The number of nitrogens with one attached hydrogen (secondary N) is 1. The average Bonchev–Trinajstić information content (AvgIpc) is 2.89. The lowest BCUT2D eigenvalue weighted by Gasteiger charge is -2.32. The van der Waals surface area contributed by atoms with Crippen LogP contribution in [-0.2, 0) is 9.31 Å². The van der Waals surface area contributed by atoms with E-state index in [1.54, 1.807) is 6.20 Å². The molecule has 1 fully saturated rings. The summed E-state index contributed by atoms with van der Waals surface area (Å²) in [4.78, 5) is 9.31. The molecule has 1 aliphatic heterocycles. The molecule has 1 atom stereocenters. The molecule has 1 aromatic heterocycles. The second-order valence-corrected chi connectivity index (χ2v) is 8.37. The fraction of sp³-hybridized carbons (Fsp3) is 0.364. The third-order valence-corrected chi connectivity index (χ3v) is 5.76. The molecule has 2 heterocycles. The summed E-state index contributed by atoms with van der Waals surface area (Å²) in [5, 5.41) is 3.42. The van der Waals surface area contributed by atoms with Crippen LogP contribution in [0.4, 0.5) is 5.82 Å². The van der Waals surface area contributed by atoms with Crippen molar-refractivity contribution in [2.45, 2.75) is 51.9 Å². The molecule has 0 unspecified atom stereocenters. The van der Waals surface area contributed by atoms with Crippen molar-refractivity contribution < 1.29 is 9.31 Å². The first-order valence-electron chi connectivity index (χ1n) is 9.69. The summed E-state index contributed by atoms with van der Waals surface area (Å²) in [6, 6.07) is 16.4. The minimum Gasteiger partial charge on any atom is -0.399 e. The molecule has 0 aliphatic carbocycles. The summed E-state index contributed by atoms with van der Waals surface area (Å²) in [5.74, 6) is 0.757. The fourth-order valence-electron chi connectivity index (χ4n) is 3.27. The Hall–Kier alpha value is -2.44. The fourth-order valence-corrected chi connectivity index (χ4v) is 3.27. The first-order valence-corrected chi connectivity index (χ1v) is 9.69. The zero-order valence-corrected chi connectivity index (χ0v) is 17.1. The minimum atomic E-state index is -0.396. The van der Waals surface area contributed by atoms with E-state index in [1.165, 1.54) is 5.56 Å². The number of hydrogen-bond donors (Lipinski definition) is 1. The predicted molar refractivity (Wildman–Crippen MR) is 114 cm³/mol. The van der Waals surface area contributed by atoms with E-state index < -0.39 is 7.12 Å². The van der Waals surface area contributed by atoms with Crippen LogP contribution in [0.15, 0.2) is 54.7 Å². The summed E-state index contributed by atoms with van der Waals surface area (Å²) < 4.78 is 12.3. The van der Waals surface area contributed by atoms with E-state index in [-0.39, 0.29) is 17.2 Å². The Morgan fingerprint density at radius 1 is 0.929 bits per heavy atom. The largest absolute Gasteiger partial charge is 0.494 e. The van der Waals surface area contributed by atoms with E-state index in [4.69, 9.17) is 14.3 Å². The van der Waals surface area contributed by atoms with Crippen molar-refractivity contribution in [3.63, 3.8) is 0 Å². The zero-order chi connectivity index (χ0) is 19.9. The van der Waals surface area contributed by atoms with Gasteiger partial charge in [-0.1, -0.05) is 36.4 Å². The molecule has 3 aromatic rings. The van der Waals surface area contributed by atoms with Gasteiger partial charge in [0.1, 0.15) is 5.82 Å². The number of hydrogen-bond acceptors (Lipinski definition) is 5. The highest BCUT2D eigenvalue weighted by atomic mass is 16.7. The molecule has 28 heavy (non-hydrogen) atoms. The molecular weight excluding hydrogens is 349 g/mol. The molecule has 144 valence electrons. The highest BCUT2D eigenvalue weighted by Crippen LogP contribution is 2.36. The van der Waals surface area contributed by atoms with Gasteiger partial charge in [0.05, 0.1) is 28.4 Å². The van der Waals surface area contributed by atoms with Gasteiger partial charge in [-0.15, -0.1) is 0 Å². The monoisotopic (exact) mass is 375 g/mol. The average molecular weight is 375 g/mol. The van der Waals surface area contributed by atoms with E-state index >= 15 is 0 Å². The van der Waals surface area contributed by atoms with Gasteiger partial charge in [0.15, 0.2) is 0 Å². The smallest absolute Gasteiger partial charge is 0.399 e. The number of nitrogens with zero attached hydrogens (tertiary/aromatic N) is 2. The Labute approximate surface area is 166 Å². The summed E-state index contributed by atoms with van der Waals surface area (Å²) in [5.41, 5.74) is 3.11. The first kappa shape index (κ1) is 18.9. The Morgan fingerprint density at radius 3 is 2.29 bits per heavy atom. The molecule has 5 nitrogen and oxygen atoms in total. The molecule has 2 aromatic carbocycles. The van der Waals surface area contributed by atoms with Crippen LogP contribution in [0.5, 0.6) is 0 Å². The molecule has 1 N–H and O–H groups in total. The van der Waals surface area contributed by atoms with Crippen molar-refractivity contribution in [3.8, 4) is 0 Å². The van der Waals surface area contributed by atoms with E-state index in [1.807, 2.05) is 36.4 Å². The van der Waals surface area contributed by atoms with Gasteiger partial charge in [0.2, 0.25) is 0 Å². The molecule has 0 bridgehead atoms. The maximum atomic E-state index is 6.14. The van der Waals surface area contributed by atoms with Crippen LogP contribution in [0.3, 0.4) is 0 Å². The summed E-state index contributed by atoms with van der Waals surface area (Å²) >= 11 is 0. The van der Waals surface area contributed by atoms with Crippen LogP contribution in [0, 0.1) is 0 Å². The number of rotatable bonds is 4. The molecular formula is C22H26BN3O2. The maximum Gasteiger partial charge on any atom is 0.494 e. The lowest BCUT2D eigenvalue weighted by atomic mass is 9.79. The molecule has 4 rings (SSSR count). The normalized spacial score (nSPS) is 19.0. The van der Waals surface area contributed by atoms with Crippen molar-refractivity contribution in [2.75, 3.05) is 5.32 Å². The highest BCUT2D eigenvalue weighted by molar-refractivity contribution is 6.62. The van der Waals surface area contributed by atoms with Gasteiger partial charge < -0.3 is 14.6 Å². The Morgan fingerprint density at radius 2 is 1.61 bits per heavy atom. The second kappa shape index (κ2) is 6.87. The lowest BCUT2D eigenvalue weighted by molar-refractivity contribution is 0.00578. The van der Waals surface area contributed by atoms with Gasteiger partial charge in [0, 0.05) is 6.04 Å². The molecule has 0 amide bonds. The van der Waals surface area contributed by atoms with E-state index in [2.05, 4.69) is 57.1 Å². The van der Waals surface area contributed by atoms with Crippen LogP contribution < -0.4 is 10.8 Å². The standard InChI is InChI=1S/C22H26BN3O2/c1-15(16-9-7-6-8-10-16)25-20-14-24-19-13-17(11-12-18(19)26-20)23-27-21(2,3)22(4,5)28-23/h6-15H,1-5H3,(H,25,26)/t15-/m1/s1. The topological polar surface area (TPSA) is 56.3 Å². The minimum absolute atomic E-state index is 0.150. The van der Waals surface area contributed by atoms with Crippen molar-refractivity contribution in [1.29, 1.82) is 0 Å².